The van der Waals surface area contributed by atoms with Crippen LogP contribution in [0.5, 0.6) is 0 Å². The maximum atomic E-state index is 10.4. The molecule has 0 atom stereocenters. The van der Waals surface area contributed by atoms with E-state index < -0.39 is 5.91 Å². The van der Waals surface area contributed by atoms with Gasteiger partial charge in [0.15, 0.2) is 5.71 Å². The molecule has 0 saturated heterocycles. The van der Waals surface area contributed by atoms with Gasteiger partial charge in [0.1, 0.15) is 11.8 Å². The van der Waals surface area contributed by atoms with Crippen LogP contribution in [-0.2, 0) is 0 Å². The van der Waals surface area contributed by atoms with Crippen LogP contribution < -0.4 is 16.7 Å². The van der Waals surface area contributed by atoms with Crippen molar-refractivity contribution in [3.05, 3.63) is 52.6 Å². The Morgan fingerprint density at radius 2 is 2.16 bits per heavy atom. The van der Waals surface area contributed by atoms with Gasteiger partial charge in [0.25, 0.3) is 11.5 Å². The van der Waals surface area contributed by atoms with Crippen LogP contribution in [-0.4, -0.2) is 21.8 Å². The number of carbonyl (C=O) groups excluding carboxylic acids is 1. The van der Waals surface area contributed by atoms with Gasteiger partial charge in [-0.2, -0.15) is 15.5 Å². The summed E-state index contributed by atoms with van der Waals surface area (Å²) < 4.78 is 0. The van der Waals surface area contributed by atoms with Gasteiger partial charge in [-0.3, -0.25) is 15.0 Å². The summed E-state index contributed by atoms with van der Waals surface area (Å²) >= 11 is 0. The van der Waals surface area contributed by atoms with Crippen LogP contribution in [0.2, 0.25) is 0 Å². The third-order valence-electron chi connectivity index (χ3n) is 1.81. The van der Waals surface area contributed by atoms with Crippen molar-refractivity contribution >= 4 is 11.6 Å². The molecule has 96 valence electrons. The number of primary amides is 1. The fraction of sp³-hybridized carbons (Fsp3) is 0. The SMILES string of the molecule is C=C1C=CC(C#N)=NN1.NC(=O)c1ccc(=O)[nH]n1. The van der Waals surface area contributed by atoms with Crippen molar-refractivity contribution in [3.63, 3.8) is 0 Å². The van der Waals surface area contributed by atoms with Crippen LogP contribution in [0.4, 0.5) is 0 Å². The van der Waals surface area contributed by atoms with E-state index in [9.17, 15) is 9.59 Å². The molecule has 8 nitrogen and oxygen atoms in total. The van der Waals surface area contributed by atoms with Gasteiger partial charge >= 0.3 is 0 Å². The lowest BCUT2D eigenvalue weighted by atomic mass is 10.3. The number of nitriles is 1. The van der Waals surface area contributed by atoms with E-state index in [1.807, 2.05) is 6.07 Å². The van der Waals surface area contributed by atoms with E-state index in [1.165, 1.54) is 12.1 Å². The Kier molecular flexibility index (Phi) is 4.74. The van der Waals surface area contributed by atoms with Gasteiger partial charge in [-0.05, 0) is 18.2 Å². The zero-order valence-corrected chi connectivity index (χ0v) is 9.75. The highest BCUT2D eigenvalue weighted by molar-refractivity contribution is 6.07. The summed E-state index contributed by atoms with van der Waals surface area (Å²) in [5.74, 6) is -0.656. The number of hydrogen-bond donors (Lipinski definition) is 3. The molecular formula is C11H10N6O2. The number of aromatic nitrogens is 2. The second kappa shape index (κ2) is 6.51. The van der Waals surface area contributed by atoms with Gasteiger partial charge < -0.3 is 5.73 Å². The van der Waals surface area contributed by atoms with Gasteiger partial charge in [-0.25, -0.2) is 5.10 Å². The second-order valence-electron chi connectivity index (χ2n) is 3.25. The quantitative estimate of drug-likeness (QED) is 0.618. The molecule has 0 spiro atoms. The molecule has 2 heterocycles. The molecule has 4 N–H and O–H groups in total. The number of hydrazone groups is 1. The molecule has 0 fully saturated rings. The first-order chi connectivity index (χ1) is 9.02. The lowest BCUT2D eigenvalue weighted by Crippen LogP contribution is -2.17. The normalized spacial score (nSPS) is 12.4. The van der Waals surface area contributed by atoms with E-state index in [2.05, 4.69) is 27.3 Å². The van der Waals surface area contributed by atoms with Crippen molar-refractivity contribution in [2.75, 3.05) is 0 Å². The minimum Gasteiger partial charge on any atom is -0.364 e. The van der Waals surface area contributed by atoms with Crippen molar-refractivity contribution in [1.29, 1.82) is 5.26 Å². The fourth-order valence-electron chi connectivity index (χ4n) is 0.930. The maximum absolute atomic E-state index is 10.4. The van der Waals surface area contributed by atoms with Crippen LogP contribution in [0.25, 0.3) is 0 Å². The lowest BCUT2D eigenvalue weighted by Gasteiger charge is -2.01. The van der Waals surface area contributed by atoms with Crippen LogP contribution in [0.3, 0.4) is 0 Å². The molecule has 0 aromatic carbocycles. The van der Waals surface area contributed by atoms with E-state index in [-0.39, 0.29) is 11.3 Å². The summed E-state index contributed by atoms with van der Waals surface area (Å²) in [6.45, 7) is 3.57. The van der Waals surface area contributed by atoms with Gasteiger partial charge in [-0.1, -0.05) is 6.58 Å². The molecular weight excluding hydrogens is 248 g/mol. The Labute approximate surface area is 107 Å². The van der Waals surface area contributed by atoms with Crippen molar-refractivity contribution in [1.82, 2.24) is 15.6 Å². The highest BCUT2D eigenvalue weighted by Crippen LogP contribution is 1.94. The maximum Gasteiger partial charge on any atom is 0.269 e. The molecule has 1 aromatic heterocycles. The smallest absolute Gasteiger partial charge is 0.269 e. The summed E-state index contributed by atoms with van der Waals surface area (Å²) in [5.41, 5.74) is 8.19. The number of nitrogens with two attached hydrogens (primary N) is 1. The average Bonchev–Trinajstić information content (AvgIpc) is 2.41. The van der Waals surface area contributed by atoms with Crippen molar-refractivity contribution in [2.45, 2.75) is 0 Å². The highest BCUT2D eigenvalue weighted by atomic mass is 16.1. The molecule has 19 heavy (non-hydrogen) atoms. The van der Waals surface area contributed by atoms with E-state index >= 15 is 0 Å². The fourth-order valence-corrected chi connectivity index (χ4v) is 0.930. The van der Waals surface area contributed by atoms with Crippen LogP contribution in [0.1, 0.15) is 10.5 Å². The molecule has 1 amide bonds. The standard InChI is InChI=1S/C6H5N3.C5H5N3O2/c1-5-2-3-6(4-7)9-8-5;6-5(10)3-1-2-4(9)8-7-3/h2-3,8H,1H2;1-2H,(H2,6,10)(H,8,9). The number of nitrogens with one attached hydrogen (secondary N) is 2. The average molecular weight is 258 g/mol. The van der Waals surface area contributed by atoms with E-state index in [4.69, 9.17) is 11.0 Å². The van der Waals surface area contributed by atoms with Crippen molar-refractivity contribution in [2.24, 2.45) is 10.8 Å². The van der Waals surface area contributed by atoms with Gasteiger partial charge in [0.05, 0.1) is 0 Å². The molecule has 1 aliphatic rings. The van der Waals surface area contributed by atoms with Gasteiger partial charge in [0, 0.05) is 11.8 Å². The summed E-state index contributed by atoms with van der Waals surface area (Å²) in [6, 6.07) is 4.34. The number of amides is 1. The summed E-state index contributed by atoms with van der Waals surface area (Å²) in [6.07, 6.45) is 3.31. The molecule has 0 saturated carbocycles. The number of carbonyl (C=O) groups is 1. The van der Waals surface area contributed by atoms with E-state index in [0.717, 1.165) is 0 Å². The highest BCUT2D eigenvalue weighted by Gasteiger charge is 1.98. The summed E-state index contributed by atoms with van der Waals surface area (Å²) in [5, 5.41) is 17.4. The number of nitrogens with zero attached hydrogens (tertiary/aromatic N) is 3. The third-order valence-corrected chi connectivity index (χ3v) is 1.81. The predicted octanol–water partition coefficient (Wildman–Crippen LogP) is -0.592. The Hall–Kier alpha value is -3.21. The number of aromatic amines is 1. The molecule has 2 rings (SSSR count). The Bertz CT molecular complexity index is 629. The molecule has 1 aliphatic heterocycles. The lowest BCUT2D eigenvalue weighted by molar-refractivity contribution is 0.0994. The Morgan fingerprint density at radius 1 is 1.42 bits per heavy atom. The molecule has 1 aromatic rings. The van der Waals surface area contributed by atoms with Crippen molar-refractivity contribution in [3.8, 4) is 6.07 Å². The number of allylic oxidation sites excluding steroid dienone is 2. The summed E-state index contributed by atoms with van der Waals surface area (Å²) in [7, 11) is 0. The van der Waals surface area contributed by atoms with Crippen LogP contribution >= 0.6 is 0 Å². The molecule has 0 aliphatic carbocycles. The zero-order chi connectivity index (χ0) is 14.3. The first kappa shape index (κ1) is 13.9. The molecule has 0 unspecified atom stereocenters. The van der Waals surface area contributed by atoms with Crippen LogP contribution in [0.15, 0.2) is 46.5 Å². The first-order valence-electron chi connectivity index (χ1n) is 4.99. The Morgan fingerprint density at radius 3 is 2.58 bits per heavy atom. The molecule has 0 bridgehead atoms. The van der Waals surface area contributed by atoms with E-state index in [1.54, 1.807) is 12.2 Å². The Balaban J connectivity index is 0.000000191. The minimum absolute atomic E-state index is 0.0552. The topological polar surface area (TPSA) is 137 Å². The summed E-state index contributed by atoms with van der Waals surface area (Å²) in [4.78, 5) is 20.7. The number of rotatable bonds is 1. The van der Waals surface area contributed by atoms with Gasteiger partial charge in [0.2, 0.25) is 0 Å². The molecule has 8 heteroatoms. The van der Waals surface area contributed by atoms with Crippen molar-refractivity contribution < 1.29 is 4.79 Å². The minimum atomic E-state index is -0.656. The number of H-pyrrole nitrogens is 1. The first-order valence-corrected chi connectivity index (χ1v) is 4.99. The largest absolute Gasteiger partial charge is 0.364 e. The zero-order valence-electron chi connectivity index (χ0n) is 9.75. The number of hydrogen-bond acceptors (Lipinski definition) is 6. The predicted molar refractivity (Wildman–Crippen MR) is 67.8 cm³/mol. The third kappa shape index (κ3) is 4.66. The van der Waals surface area contributed by atoms with E-state index in [0.29, 0.717) is 11.4 Å². The second-order valence-corrected chi connectivity index (χ2v) is 3.25. The monoisotopic (exact) mass is 258 g/mol. The van der Waals surface area contributed by atoms with Gasteiger partial charge in [-0.15, -0.1) is 0 Å². The molecule has 0 radical (unpaired) electrons. The van der Waals surface area contributed by atoms with Crippen LogP contribution in [0, 0.1) is 11.3 Å².